The van der Waals surface area contributed by atoms with Crippen LogP contribution in [0.15, 0.2) is 30.3 Å². The first-order valence-corrected chi connectivity index (χ1v) is 9.32. The smallest absolute Gasteiger partial charge is 0.252 e. The molecule has 0 spiro atoms. The Bertz CT molecular complexity index is 690. The Labute approximate surface area is 159 Å². The number of carbonyl (C=O) groups excluding carboxylic acids is 4. The molecule has 1 aliphatic rings. The lowest BCUT2D eigenvalue weighted by atomic mass is 10.0. The molecule has 1 aromatic rings. The summed E-state index contributed by atoms with van der Waals surface area (Å²) in [6.07, 6.45) is 2.43. The Kier molecular flexibility index (Phi) is 7.67. The highest BCUT2D eigenvalue weighted by molar-refractivity contribution is 6.07. The van der Waals surface area contributed by atoms with Gasteiger partial charge in [-0.3, -0.25) is 29.0 Å². The molecule has 1 aromatic carbocycles. The topological polar surface area (TPSA) is 86.8 Å². The zero-order chi connectivity index (χ0) is 19.8. The Balaban J connectivity index is 1.94. The van der Waals surface area contributed by atoms with Crippen LogP contribution in [-0.4, -0.2) is 66.0 Å². The number of hydrogen-bond donors (Lipinski definition) is 1. The highest BCUT2D eigenvalue weighted by atomic mass is 16.2. The molecule has 0 aromatic heterocycles. The van der Waals surface area contributed by atoms with E-state index >= 15 is 0 Å². The maximum absolute atomic E-state index is 12.6. The van der Waals surface area contributed by atoms with Crippen molar-refractivity contribution in [2.24, 2.45) is 0 Å². The summed E-state index contributed by atoms with van der Waals surface area (Å²) in [5, 5.41) is 2.70. The van der Waals surface area contributed by atoms with E-state index in [4.69, 9.17) is 0 Å². The zero-order valence-electron chi connectivity index (χ0n) is 15.9. The van der Waals surface area contributed by atoms with Crippen molar-refractivity contribution < 1.29 is 19.2 Å². The van der Waals surface area contributed by atoms with Gasteiger partial charge in [-0.05, 0) is 26.4 Å². The number of ketones is 1. The number of nitrogens with zero attached hydrogens (tertiary/aromatic N) is 2. The van der Waals surface area contributed by atoms with Crippen LogP contribution in [0.25, 0.3) is 0 Å². The number of rotatable bonds is 9. The highest BCUT2D eigenvalue weighted by Crippen LogP contribution is 2.14. The second-order valence-corrected chi connectivity index (χ2v) is 6.86. The van der Waals surface area contributed by atoms with Gasteiger partial charge in [-0.2, -0.15) is 0 Å². The number of unbranched alkanes of at least 4 members (excludes halogenated alkanes) is 1. The molecule has 1 unspecified atom stereocenters. The lowest BCUT2D eigenvalue weighted by Crippen LogP contribution is -2.56. The second-order valence-electron chi connectivity index (χ2n) is 6.86. The quantitative estimate of drug-likeness (QED) is 0.520. The monoisotopic (exact) mass is 373 g/mol. The van der Waals surface area contributed by atoms with Gasteiger partial charge in [0.1, 0.15) is 6.04 Å². The van der Waals surface area contributed by atoms with E-state index in [-0.39, 0.29) is 43.5 Å². The first kappa shape index (κ1) is 20.8. The van der Waals surface area contributed by atoms with Crippen molar-refractivity contribution in [1.29, 1.82) is 0 Å². The van der Waals surface area contributed by atoms with Gasteiger partial charge < -0.3 is 5.32 Å². The minimum absolute atomic E-state index is 0.129. The van der Waals surface area contributed by atoms with E-state index in [1.165, 1.54) is 0 Å². The summed E-state index contributed by atoms with van der Waals surface area (Å²) in [6.45, 7) is 2.78. The van der Waals surface area contributed by atoms with E-state index in [1.807, 2.05) is 11.9 Å². The predicted octanol–water partition coefficient (Wildman–Crippen LogP) is 1.23. The molecule has 7 heteroatoms. The summed E-state index contributed by atoms with van der Waals surface area (Å²) >= 11 is 0. The number of nitrogens with one attached hydrogen (secondary N) is 1. The molecular formula is C20H27N3O4. The first-order chi connectivity index (χ1) is 12.9. The van der Waals surface area contributed by atoms with Gasteiger partial charge in [-0.25, -0.2) is 0 Å². The lowest BCUT2D eigenvalue weighted by Gasteiger charge is -2.31. The fourth-order valence-corrected chi connectivity index (χ4v) is 2.99. The maximum atomic E-state index is 12.6. The van der Waals surface area contributed by atoms with Gasteiger partial charge in [0.25, 0.3) is 5.91 Å². The van der Waals surface area contributed by atoms with Crippen LogP contribution in [0.3, 0.4) is 0 Å². The van der Waals surface area contributed by atoms with Gasteiger partial charge >= 0.3 is 0 Å². The first-order valence-electron chi connectivity index (χ1n) is 9.32. The normalized spacial score (nSPS) is 17.3. The third-order valence-electron chi connectivity index (χ3n) is 4.55. The second kappa shape index (κ2) is 9.97. The number of benzene rings is 1. The fraction of sp³-hybridized carbons (Fsp3) is 0.500. The highest BCUT2D eigenvalue weighted by Gasteiger charge is 2.36. The van der Waals surface area contributed by atoms with Crippen molar-refractivity contribution in [2.75, 3.05) is 26.7 Å². The largest absolute Gasteiger partial charge is 0.343 e. The van der Waals surface area contributed by atoms with E-state index in [0.29, 0.717) is 5.56 Å². The molecule has 146 valence electrons. The minimum atomic E-state index is -0.765. The molecule has 1 atom stereocenters. The molecule has 0 saturated carbocycles. The Hall–Kier alpha value is -2.54. The molecular weight excluding hydrogens is 346 g/mol. The van der Waals surface area contributed by atoms with Crippen LogP contribution < -0.4 is 5.32 Å². The molecule has 0 bridgehead atoms. The van der Waals surface area contributed by atoms with Crippen molar-refractivity contribution in [3.63, 3.8) is 0 Å². The van der Waals surface area contributed by atoms with Crippen molar-refractivity contribution >= 4 is 23.5 Å². The number of Topliss-reactive ketones (excluding diaryl/α,β-unsaturated/α-hetero) is 1. The molecule has 1 N–H and O–H groups in total. The van der Waals surface area contributed by atoms with Gasteiger partial charge in [-0.15, -0.1) is 0 Å². The molecule has 1 fully saturated rings. The van der Waals surface area contributed by atoms with E-state index < -0.39 is 11.9 Å². The number of likely N-dealkylation sites (N-methyl/N-ethyl adjacent to an activating group) is 1. The van der Waals surface area contributed by atoms with E-state index in [1.54, 1.807) is 30.3 Å². The number of likely N-dealkylation sites (tertiary alicyclic amines) is 1. The summed E-state index contributed by atoms with van der Waals surface area (Å²) < 4.78 is 0. The maximum Gasteiger partial charge on any atom is 0.252 e. The summed E-state index contributed by atoms with van der Waals surface area (Å²) in [5.74, 6) is -1.45. The average Bonchev–Trinajstić information content (AvgIpc) is 2.66. The van der Waals surface area contributed by atoms with Crippen LogP contribution in [-0.2, 0) is 14.4 Å². The molecule has 0 aliphatic carbocycles. The molecule has 1 saturated heterocycles. The molecule has 2 rings (SSSR count). The number of amides is 3. The number of hydrogen-bond acceptors (Lipinski definition) is 5. The van der Waals surface area contributed by atoms with Crippen LogP contribution >= 0.6 is 0 Å². The van der Waals surface area contributed by atoms with Crippen LogP contribution in [0.2, 0.25) is 0 Å². The summed E-state index contributed by atoms with van der Waals surface area (Å²) in [6, 6.07) is 7.77. The molecule has 0 radical (unpaired) electrons. The fourth-order valence-electron chi connectivity index (χ4n) is 2.99. The summed E-state index contributed by atoms with van der Waals surface area (Å²) in [5.41, 5.74) is 0.446. The Morgan fingerprint density at radius 3 is 2.59 bits per heavy atom. The zero-order valence-corrected chi connectivity index (χ0v) is 15.9. The van der Waals surface area contributed by atoms with Gasteiger partial charge in [-0.1, -0.05) is 43.7 Å². The van der Waals surface area contributed by atoms with Crippen LogP contribution in [0, 0.1) is 0 Å². The third kappa shape index (κ3) is 5.99. The Morgan fingerprint density at radius 2 is 1.93 bits per heavy atom. The molecule has 1 heterocycles. The molecule has 27 heavy (non-hydrogen) atoms. The van der Waals surface area contributed by atoms with E-state index in [2.05, 4.69) is 12.2 Å². The van der Waals surface area contributed by atoms with Gasteiger partial charge in [0, 0.05) is 12.0 Å². The van der Waals surface area contributed by atoms with Gasteiger partial charge in [0.2, 0.25) is 11.8 Å². The van der Waals surface area contributed by atoms with E-state index in [0.717, 1.165) is 24.3 Å². The van der Waals surface area contributed by atoms with Crippen molar-refractivity contribution in [1.82, 2.24) is 15.1 Å². The van der Waals surface area contributed by atoms with Crippen LogP contribution in [0.4, 0.5) is 0 Å². The third-order valence-corrected chi connectivity index (χ3v) is 4.55. The molecule has 3 amide bonds. The Morgan fingerprint density at radius 1 is 1.22 bits per heavy atom. The number of imide groups is 1. The van der Waals surface area contributed by atoms with Gasteiger partial charge in [0.05, 0.1) is 13.1 Å². The number of carbonyl (C=O) groups is 4. The molecule has 7 nitrogen and oxygen atoms in total. The van der Waals surface area contributed by atoms with Crippen molar-refractivity contribution in [3.8, 4) is 0 Å². The number of piperidine rings is 1. The SMILES string of the molecule is CCCCN(C)CC(=O)NC1CCC(=O)N(CC(=O)c2ccccc2)C1=O. The van der Waals surface area contributed by atoms with E-state index in [9.17, 15) is 19.2 Å². The summed E-state index contributed by atoms with van der Waals surface area (Å²) in [4.78, 5) is 52.1. The standard InChI is InChI=1S/C20H27N3O4/c1-3-4-12-22(2)14-18(25)21-16-10-11-19(26)23(20(16)27)13-17(24)15-8-6-5-7-9-15/h5-9,16H,3-4,10-14H2,1-2H3,(H,21,25). The minimum Gasteiger partial charge on any atom is -0.343 e. The average molecular weight is 373 g/mol. The van der Waals surface area contributed by atoms with Gasteiger partial charge in [0.15, 0.2) is 5.78 Å². The van der Waals surface area contributed by atoms with Crippen LogP contribution in [0.1, 0.15) is 43.0 Å². The predicted molar refractivity (Wildman–Crippen MR) is 101 cm³/mol. The summed E-state index contributed by atoms with van der Waals surface area (Å²) in [7, 11) is 1.85. The van der Waals surface area contributed by atoms with Crippen molar-refractivity contribution in [2.45, 2.75) is 38.6 Å². The van der Waals surface area contributed by atoms with Crippen molar-refractivity contribution in [3.05, 3.63) is 35.9 Å². The lowest BCUT2D eigenvalue weighted by molar-refractivity contribution is -0.150. The molecule has 1 aliphatic heterocycles. The van der Waals surface area contributed by atoms with Crippen LogP contribution in [0.5, 0.6) is 0 Å².